The number of imide groups is 1. The van der Waals surface area contributed by atoms with Gasteiger partial charge in [-0.25, -0.2) is 4.39 Å². The molecule has 1 saturated heterocycles. The first-order valence-corrected chi connectivity index (χ1v) is 10.5. The summed E-state index contributed by atoms with van der Waals surface area (Å²) in [5, 5.41) is 0.365. The number of nitrogens with zero attached hydrogens (tertiary/aromatic N) is 1. The van der Waals surface area contributed by atoms with Crippen molar-refractivity contribution in [2.24, 2.45) is 0 Å². The molecule has 4 rings (SSSR count). The SMILES string of the molecule is O=C1S/C(=C/c2ccc(-c3cccc(Cl)c3Cl)o2)C(=O)N1Cc1c(F)cccc1Cl. The molecule has 30 heavy (non-hydrogen) atoms. The number of thioether (sulfide) groups is 1. The van der Waals surface area contributed by atoms with E-state index in [1.54, 1.807) is 30.3 Å². The summed E-state index contributed by atoms with van der Waals surface area (Å²) in [6, 6.07) is 12.7. The van der Waals surface area contributed by atoms with Crippen LogP contribution < -0.4 is 0 Å². The van der Waals surface area contributed by atoms with Gasteiger partial charge in [-0.2, -0.15) is 0 Å². The summed E-state index contributed by atoms with van der Waals surface area (Å²) < 4.78 is 19.8. The van der Waals surface area contributed by atoms with Crippen LogP contribution in [0.5, 0.6) is 0 Å². The molecule has 0 atom stereocenters. The van der Waals surface area contributed by atoms with Crippen LogP contribution in [-0.2, 0) is 11.3 Å². The highest BCUT2D eigenvalue weighted by Crippen LogP contribution is 2.37. The molecule has 0 bridgehead atoms. The minimum absolute atomic E-state index is 0.0820. The van der Waals surface area contributed by atoms with Crippen LogP contribution in [0.3, 0.4) is 0 Å². The van der Waals surface area contributed by atoms with E-state index in [1.165, 1.54) is 24.3 Å². The second-order valence-corrected chi connectivity index (χ2v) is 8.46. The van der Waals surface area contributed by atoms with E-state index in [9.17, 15) is 14.0 Å². The van der Waals surface area contributed by atoms with Crippen molar-refractivity contribution < 1.29 is 18.4 Å². The maximum atomic E-state index is 14.0. The van der Waals surface area contributed by atoms with Crippen LogP contribution in [0.15, 0.2) is 57.9 Å². The van der Waals surface area contributed by atoms with Crippen LogP contribution in [0, 0.1) is 5.82 Å². The number of carbonyl (C=O) groups is 2. The lowest BCUT2D eigenvalue weighted by Gasteiger charge is -2.14. The van der Waals surface area contributed by atoms with Crippen LogP contribution in [0.25, 0.3) is 17.4 Å². The zero-order valence-electron chi connectivity index (χ0n) is 15.0. The zero-order chi connectivity index (χ0) is 21.4. The monoisotopic (exact) mass is 481 g/mol. The summed E-state index contributed by atoms with van der Waals surface area (Å²) in [5.74, 6) is -0.316. The maximum Gasteiger partial charge on any atom is 0.293 e. The van der Waals surface area contributed by atoms with E-state index in [2.05, 4.69) is 0 Å². The highest BCUT2D eigenvalue weighted by atomic mass is 35.5. The van der Waals surface area contributed by atoms with E-state index < -0.39 is 17.0 Å². The van der Waals surface area contributed by atoms with Crippen molar-refractivity contribution in [3.05, 3.63) is 85.6 Å². The molecule has 3 aromatic rings. The average molecular weight is 483 g/mol. The first kappa shape index (κ1) is 21.0. The number of amides is 2. The average Bonchev–Trinajstić information content (AvgIpc) is 3.26. The molecule has 0 radical (unpaired) electrons. The first-order valence-electron chi connectivity index (χ1n) is 8.57. The molecule has 0 unspecified atom stereocenters. The lowest BCUT2D eigenvalue weighted by Crippen LogP contribution is -2.28. The fraction of sp³-hybridized carbons (Fsp3) is 0.0476. The third-order valence-electron chi connectivity index (χ3n) is 4.37. The highest BCUT2D eigenvalue weighted by molar-refractivity contribution is 8.18. The minimum Gasteiger partial charge on any atom is -0.457 e. The van der Waals surface area contributed by atoms with Crippen molar-refractivity contribution in [2.75, 3.05) is 0 Å². The molecule has 1 aliphatic heterocycles. The number of furan rings is 1. The van der Waals surface area contributed by atoms with Gasteiger partial charge in [0.15, 0.2) is 0 Å². The summed E-state index contributed by atoms with van der Waals surface area (Å²) in [7, 11) is 0. The third-order valence-corrected chi connectivity index (χ3v) is 6.45. The predicted octanol–water partition coefficient (Wildman–Crippen LogP) is 7.28. The number of carbonyl (C=O) groups excluding carboxylic acids is 2. The lowest BCUT2D eigenvalue weighted by atomic mass is 10.2. The second-order valence-electron chi connectivity index (χ2n) is 6.27. The number of benzene rings is 2. The van der Waals surface area contributed by atoms with E-state index in [4.69, 9.17) is 39.2 Å². The van der Waals surface area contributed by atoms with Gasteiger partial charge in [0.25, 0.3) is 11.1 Å². The molecule has 2 heterocycles. The predicted molar refractivity (Wildman–Crippen MR) is 117 cm³/mol. The molecule has 2 amide bonds. The molecule has 152 valence electrons. The Morgan fingerprint density at radius 2 is 1.73 bits per heavy atom. The Hall–Kier alpha value is -2.25. The van der Waals surface area contributed by atoms with Crippen LogP contribution in [-0.4, -0.2) is 16.0 Å². The van der Waals surface area contributed by atoms with Gasteiger partial charge in [0.05, 0.1) is 21.5 Å². The molecule has 4 nitrogen and oxygen atoms in total. The first-order chi connectivity index (χ1) is 14.3. The van der Waals surface area contributed by atoms with Gasteiger partial charge in [-0.3, -0.25) is 14.5 Å². The van der Waals surface area contributed by atoms with Gasteiger partial charge in [0.1, 0.15) is 17.3 Å². The van der Waals surface area contributed by atoms with Crippen molar-refractivity contribution in [3.63, 3.8) is 0 Å². The molecule has 0 saturated carbocycles. The Morgan fingerprint density at radius 3 is 2.50 bits per heavy atom. The summed E-state index contributed by atoms with van der Waals surface area (Å²) >= 11 is 19.0. The minimum atomic E-state index is -0.584. The molecular weight excluding hydrogens is 472 g/mol. The van der Waals surface area contributed by atoms with Crippen LogP contribution in [0.4, 0.5) is 9.18 Å². The van der Waals surface area contributed by atoms with Crippen molar-refractivity contribution in [2.45, 2.75) is 6.54 Å². The molecule has 0 aliphatic carbocycles. The van der Waals surface area contributed by atoms with E-state index in [1.807, 2.05) is 0 Å². The Labute approximate surface area is 190 Å². The van der Waals surface area contributed by atoms with Gasteiger partial charge >= 0.3 is 0 Å². The van der Waals surface area contributed by atoms with Gasteiger partial charge in [-0.15, -0.1) is 0 Å². The maximum absolute atomic E-state index is 14.0. The summed E-state index contributed by atoms with van der Waals surface area (Å²) in [6.07, 6.45) is 1.45. The normalized spacial score (nSPS) is 15.5. The van der Waals surface area contributed by atoms with Crippen LogP contribution in [0.2, 0.25) is 15.1 Å². The standard InChI is InChI=1S/C21H11Cl3FNO3S/c22-14-4-2-6-16(25)13(14)10-26-20(27)18(30-21(26)28)9-11-7-8-17(29-11)12-3-1-5-15(23)19(12)24/h1-9H,10H2/b18-9+. The fourth-order valence-electron chi connectivity index (χ4n) is 2.88. The topological polar surface area (TPSA) is 50.5 Å². The van der Waals surface area contributed by atoms with Crippen LogP contribution in [0.1, 0.15) is 11.3 Å². The Bertz CT molecular complexity index is 1190. The molecule has 1 aromatic heterocycles. The van der Waals surface area contributed by atoms with E-state index in [0.717, 1.165) is 16.7 Å². The number of rotatable bonds is 4. The van der Waals surface area contributed by atoms with Crippen molar-refractivity contribution >= 4 is 63.8 Å². The molecule has 2 aromatic carbocycles. The fourth-order valence-corrected chi connectivity index (χ4v) is 4.31. The quantitative estimate of drug-likeness (QED) is 0.367. The van der Waals surface area contributed by atoms with Gasteiger partial charge in [-0.1, -0.05) is 46.9 Å². The highest BCUT2D eigenvalue weighted by Gasteiger charge is 2.36. The summed E-state index contributed by atoms with van der Waals surface area (Å²) in [6.45, 7) is -0.255. The molecular formula is C21H11Cl3FNO3S. The van der Waals surface area contributed by atoms with Gasteiger partial charge in [0, 0.05) is 22.2 Å². The number of hydrogen-bond acceptors (Lipinski definition) is 4. The lowest BCUT2D eigenvalue weighted by molar-refractivity contribution is -0.123. The molecule has 1 aliphatic rings. The summed E-state index contributed by atoms with van der Waals surface area (Å²) in [5.41, 5.74) is 0.685. The largest absolute Gasteiger partial charge is 0.457 e. The van der Waals surface area contributed by atoms with Crippen molar-refractivity contribution in [3.8, 4) is 11.3 Å². The molecule has 0 N–H and O–H groups in total. The second kappa shape index (κ2) is 8.47. The van der Waals surface area contributed by atoms with Gasteiger partial charge in [-0.05, 0) is 48.2 Å². The molecule has 1 fully saturated rings. The van der Waals surface area contributed by atoms with Gasteiger partial charge < -0.3 is 4.42 Å². The van der Waals surface area contributed by atoms with E-state index in [0.29, 0.717) is 27.1 Å². The van der Waals surface area contributed by atoms with Crippen molar-refractivity contribution in [1.82, 2.24) is 4.90 Å². The summed E-state index contributed by atoms with van der Waals surface area (Å²) in [4.78, 5) is 26.1. The van der Waals surface area contributed by atoms with Gasteiger partial charge in [0.2, 0.25) is 0 Å². The Balaban J connectivity index is 1.58. The third kappa shape index (κ3) is 4.01. The number of hydrogen-bond donors (Lipinski definition) is 0. The Morgan fingerprint density at radius 1 is 1.00 bits per heavy atom. The molecule has 0 spiro atoms. The van der Waals surface area contributed by atoms with E-state index in [-0.39, 0.29) is 22.0 Å². The smallest absolute Gasteiger partial charge is 0.293 e. The number of halogens is 4. The van der Waals surface area contributed by atoms with Crippen LogP contribution >= 0.6 is 46.6 Å². The van der Waals surface area contributed by atoms with E-state index >= 15 is 0 Å². The zero-order valence-corrected chi connectivity index (χ0v) is 18.1. The molecule has 9 heteroatoms. The van der Waals surface area contributed by atoms with Crippen molar-refractivity contribution in [1.29, 1.82) is 0 Å². The Kier molecular flexibility index (Phi) is 5.93.